The first-order valence-electron chi connectivity index (χ1n) is 10.0. The molecular weight excluding hydrogens is 426 g/mol. The van der Waals surface area contributed by atoms with Gasteiger partial charge in [-0.2, -0.15) is 5.26 Å². The number of carbonyl (C=O) groups excluding carboxylic acids is 2. The van der Waals surface area contributed by atoms with Gasteiger partial charge in [0.15, 0.2) is 11.5 Å². The fourth-order valence-corrected chi connectivity index (χ4v) is 4.49. The highest BCUT2D eigenvalue weighted by atomic mass is 32.2. The zero-order valence-corrected chi connectivity index (χ0v) is 19.3. The Morgan fingerprint density at radius 1 is 1.19 bits per heavy atom. The molecule has 0 radical (unpaired) electrons. The lowest BCUT2D eigenvalue weighted by Gasteiger charge is -2.25. The SMILES string of the molecule is COc1ccc([C@H]2CC(=O)NC(SCC(=O)Nc3c(C)cccc3C)=C2C#N)cc1OC. The number of amides is 2. The van der Waals surface area contributed by atoms with Crippen molar-refractivity contribution in [1.82, 2.24) is 5.32 Å². The summed E-state index contributed by atoms with van der Waals surface area (Å²) in [7, 11) is 3.08. The number of rotatable bonds is 7. The van der Waals surface area contributed by atoms with Gasteiger partial charge in [-0.15, -0.1) is 0 Å². The number of aryl methyl sites for hydroxylation is 2. The summed E-state index contributed by atoms with van der Waals surface area (Å²) in [6.45, 7) is 3.86. The van der Waals surface area contributed by atoms with Gasteiger partial charge in [0.25, 0.3) is 0 Å². The molecule has 2 aromatic rings. The summed E-state index contributed by atoms with van der Waals surface area (Å²) >= 11 is 1.15. The number of allylic oxidation sites excluding steroid dienone is 1. The number of para-hydroxylation sites is 1. The molecule has 0 aliphatic carbocycles. The zero-order valence-electron chi connectivity index (χ0n) is 18.4. The number of methoxy groups -OCH3 is 2. The molecule has 0 bridgehead atoms. The lowest BCUT2D eigenvalue weighted by Crippen LogP contribution is -2.31. The van der Waals surface area contributed by atoms with Crippen LogP contribution in [0, 0.1) is 25.2 Å². The summed E-state index contributed by atoms with van der Waals surface area (Å²) in [5.41, 5.74) is 3.91. The van der Waals surface area contributed by atoms with Crippen LogP contribution in [0.15, 0.2) is 47.0 Å². The average Bonchev–Trinajstić information content (AvgIpc) is 2.79. The molecule has 0 saturated heterocycles. The van der Waals surface area contributed by atoms with E-state index in [1.807, 2.05) is 38.1 Å². The van der Waals surface area contributed by atoms with Crippen molar-refractivity contribution in [1.29, 1.82) is 5.26 Å². The van der Waals surface area contributed by atoms with E-state index in [1.165, 1.54) is 7.11 Å². The molecule has 8 heteroatoms. The first-order chi connectivity index (χ1) is 15.4. The third kappa shape index (κ3) is 5.06. The summed E-state index contributed by atoms with van der Waals surface area (Å²) in [4.78, 5) is 25.0. The molecule has 2 amide bonds. The van der Waals surface area contributed by atoms with Gasteiger partial charge in [0.2, 0.25) is 11.8 Å². The van der Waals surface area contributed by atoms with E-state index in [0.29, 0.717) is 22.1 Å². The molecule has 1 aliphatic heterocycles. The average molecular weight is 452 g/mol. The summed E-state index contributed by atoms with van der Waals surface area (Å²) in [6, 6.07) is 13.4. The number of nitriles is 1. The van der Waals surface area contributed by atoms with Gasteiger partial charge in [0.1, 0.15) is 0 Å². The molecule has 0 aromatic heterocycles. The molecule has 0 unspecified atom stereocenters. The van der Waals surface area contributed by atoms with Crippen molar-refractivity contribution in [2.45, 2.75) is 26.2 Å². The van der Waals surface area contributed by atoms with Crippen molar-refractivity contribution >= 4 is 29.3 Å². The molecule has 1 aliphatic rings. The first-order valence-corrected chi connectivity index (χ1v) is 11.0. The summed E-state index contributed by atoms with van der Waals surface area (Å²) in [5.74, 6) is 0.304. The van der Waals surface area contributed by atoms with Crippen LogP contribution in [-0.2, 0) is 9.59 Å². The Balaban J connectivity index is 1.82. The Labute approximate surface area is 191 Å². The highest BCUT2D eigenvalue weighted by Crippen LogP contribution is 2.39. The predicted molar refractivity (Wildman–Crippen MR) is 125 cm³/mol. The number of nitrogens with one attached hydrogen (secondary N) is 2. The Kier molecular flexibility index (Phi) is 7.44. The van der Waals surface area contributed by atoms with Crippen molar-refractivity contribution < 1.29 is 19.1 Å². The van der Waals surface area contributed by atoms with Crippen LogP contribution in [0.5, 0.6) is 11.5 Å². The first kappa shape index (κ1) is 23.2. The Hall–Kier alpha value is -3.44. The van der Waals surface area contributed by atoms with E-state index < -0.39 is 5.92 Å². The van der Waals surface area contributed by atoms with E-state index in [4.69, 9.17) is 9.47 Å². The lowest BCUT2D eigenvalue weighted by molar-refractivity contribution is -0.121. The second-order valence-electron chi connectivity index (χ2n) is 7.38. The molecular formula is C24H25N3O4S. The number of ether oxygens (including phenoxy) is 2. The molecule has 3 rings (SSSR count). The van der Waals surface area contributed by atoms with Crippen LogP contribution in [-0.4, -0.2) is 31.8 Å². The van der Waals surface area contributed by atoms with Gasteiger partial charge >= 0.3 is 0 Å². The second-order valence-corrected chi connectivity index (χ2v) is 8.36. The van der Waals surface area contributed by atoms with Crippen molar-refractivity contribution in [2.24, 2.45) is 0 Å². The Morgan fingerprint density at radius 3 is 2.50 bits per heavy atom. The summed E-state index contributed by atoms with van der Waals surface area (Å²) in [6.07, 6.45) is 0.136. The number of nitrogens with zero attached hydrogens (tertiary/aromatic N) is 1. The Bertz CT molecular complexity index is 1100. The molecule has 2 aromatic carbocycles. The van der Waals surface area contributed by atoms with E-state index in [1.54, 1.807) is 19.2 Å². The van der Waals surface area contributed by atoms with Crippen molar-refractivity contribution in [3.8, 4) is 17.6 Å². The largest absolute Gasteiger partial charge is 0.493 e. The van der Waals surface area contributed by atoms with Crippen LogP contribution in [0.25, 0.3) is 0 Å². The fraction of sp³-hybridized carbons (Fsp3) is 0.292. The number of anilines is 1. The minimum absolute atomic E-state index is 0.0627. The number of carbonyl (C=O) groups is 2. The maximum Gasteiger partial charge on any atom is 0.234 e. The van der Waals surface area contributed by atoms with Crippen LogP contribution < -0.4 is 20.1 Å². The maximum absolute atomic E-state index is 12.6. The minimum atomic E-state index is -0.433. The molecule has 32 heavy (non-hydrogen) atoms. The van der Waals surface area contributed by atoms with Gasteiger partial charge in [0, 0.05) is 18.0 Å². The second kappa shape index (κ2) is 10.2. The van der Waals surface area contributed by atoms with Crippen molar-refractivity contribution in [3.05, 3.63) is 63.7 Å². The highest BCUT2D eigenvalue weighted by molar-refractivity contribution is 8.03. The molecule has 1 heterocycles. The van der Waals surface area contributed by atoms with Crippen molar-refractivity contribution in [2.75, 3.05) is 25.3 Å². The van der Waals surface area contributed by atoms with Crippen LogP contribution in [0.2, 0.25) is 0 Å². The van der Waals surface area contributed by atoms with Gasteiger partial charge < -0.3 is 20.1 Å². The number of benzene rings is 2. The normalized spacial score (nSPS) is 15.6. The number of hydrogen-bond donors (Lipinski definition) is 2. The molecule has 166 valence electrons. The third-order valence-corrected chi connectivity index (χ3v) is 6.28. The topological polar surface area (TPSA) is 100 Å². The van der Waals surface area contributed by atoms with Gasteiger partial charge in [-0.25, -0.2) is 0 Å². The predicted octanol–water partition coefficient (Wildman–Crippen LogP) is 4.03. The van der Waals surface area contributed by atoms with E-state index >= 15 is 0 Å². The monoisotopic (exact) mass is 451 g/mol. The molecule has 7 nitrogen and oxygen atoms in total. The van der Waals surface area contributed by atoms with Gasteiger partial charge in [-0.1, -0.05) is 36.0 Å². The summed E-state index contributed by atoms with van der Waals surface area (Å²) < 4.78 is 10.6. The molecule has 0 saturated carbocycles. The maximum atomic E-state index is 12.6. The van der Waals surface area contributed by atoms with E-state index in [-0.39, 0.29) is 24.0 Å². The van der Waals surface area contributed by atoms with Crippen molar-refractivity contribution in [3.63, 3.8) is 0 Å². The van der Waals surface area contributed by atoms with E-state index in [0.717, 1.165) is 34.1 Å². The van der Waals surface area contributed by atoms with E-state index in [2.05, 4.69) is 16.7 Å². The standard InChI is InChI=1S/C24H25N3O4S/c1-14-6-5-7-15(2)23(14)26-22(29)13-32-24-18(12-25)17(11-21(28)27-24)16-8-9-19(30-3)20(10-16)31-4/h5-10,17H,11,13H2,1-4H3,(H,26,29)(H,27,28)/t17-/m1/s1. The summed E-state index contributed by atoms with van der Waals surface area (Å²) in [5, 5.41) is 15.9. The highest BCUT2D eigenvalue weighted by Gasteiger charge is 2.30. The molecule has 0 spiro atoms. The molecule has 1 atom stereocenters. The molecule has 0 fully saturated rings. The zero-order chi connectivity index (χ0) is 23.3. The van der Waals surface area contributed by atoms with Gasteiger partial charge in [-0.3, -0.25) is 9.59 Å². The third-order valence-electron chi connectivity index (χ3n) is 5.26. The lowest BCUT2D eigenvalue weighted by atomic mass is 9.87. The number of thioether (sulfide) groups is 1. The minimum Gasteiger partial charge on any atom is -0.493 e. The molecule has 2 N–H and O–H groups in total. The van der Waals surface area contributed by atoms with E-state index in [9.17, 15) is 14.9 Å². The Morgan fingerprint density at radius 2 is 1.88 bits per heavy atom. The van der Waals surface area contributed by atoms with Crippen LogP contribution in [0.3, 0.4) is 0 Å². The quantitative estimate of drug-likeness (QED) is 0.659. The fourth-order valence-electron chi connectivity index (χ4n) is 3.61. The van der Waals surface area contributed by atoms with Gasteiger partial charge in [-0.05, 0) is 42.7 Å². The smallest absolute Gasteiger partial charge is 0.234 e. The van der Waals surface area contributed by atoms with Crippen LogP contribution in [0.1, 0.15) is 29.0 Å². The number of hydrogen-bond acceptors (Lipinski definition) is 6. The van der Waals surface area contributed by atoms with Crippen LogP contribution in [0.4, 0.5) is 5.69 Å². The van der Waals surface area contributed by atoms with Crippen LogP contribution >= 0.6 is 11.8 Å². The van der Waals surface area contributed by atoms with Gasteiger partial charge in [0.05, 0.1) is 36.6 Å².